The standard InChI is InChI=1S/C18H22N4O3/c1-25-12-2-9-19-18(24)15-5-3-14(4-6-15)13-21-16-7-10-20-22(16)11-8-17(21)23/h3-7,10H,2,8-9,11-13H2,1H3,(H,19,24). The van der Waals surface area contributed by atoms with E-state index in [-0.39, 0.29) is 11.8 Å². The summed E-state index contributed by atoms with van der Waals surface area (Å²) < 4.78 is 6.79. The minimum absolute atomic E-state index is 0.0907. The Labute approximate surface area is 146 Å². The first-order valence-corrected chi connectivity index (χ1v) is 8.37. The van der Waals surface area contributed by atoms with Gasteiger partial charge < -0.3 is 10.1 Å². The highest BCUT2D eigenvalue weighted by molar-refractivity contribution is 5.95. The zero-order chi connectivity index (χ0) is 17.6. The quantitative estimate of drug-likeness (QED) is 0.775. The molecule has 2 aromatic rings. The first kappa shape index (κ1) is 17.2. The van der Waals surface area contributed by atoms with Crippen molar-refractivity contribution in [1.29, 1.82) is 0 Å². The maximum absolute atomic E-state index is 12.2. The number of ether oxygens (including phenoxy) is 1. The second-order valence-corrected chi connectivity index (χ2v) is 5.94. The van der Waals surface area contributed by atoms with Crippen molar-refractivity contribution in [1.82, 2.24) is 15.1 Å². The molecule has 1 aliphatic heterocycles. The number of amides is 2. The average Bonchev–Trinajstić information content (AvgIpc) is 3.10. The molecule has 0 radical (unpaired) electrons. The second kappa shape index (κ2) is 7.94. The van der Waals surface area contributed by atoms with Crippen molar-refractivity contribution in [3.05, 3.63) is 47.7 Å². The van der Waals surface area contributed by atoms with E-state index in [0.717, 1.165) is 17.8 Å². The van der Waals surface area contributed by atoms with E-state index in [2.05, 4.69) is 10.4 Å². The topological polar surface area (TPSA) is 76.5 Å². The molecule has 3 rings (SSSR count). The van der Waals surface area contributed by atoms with Gasteiger partial charge in [-0.05, 0) is 24.1 Å². The Morgan fingerprint density at radius 2 is 2.08 bits per heavy atom. The van der Waals surface area contributed by atoms with Crippen molar-refractivity contribution in [3.8, 4) is 0 Å². The molecule has 7 heteroatoms. The van der Waals surface area contributed by atoms with Crippen LogP contribution in [0.2, 0.25) is 0 Å². The lowest BCUT2D eigenvalue weighted by Crippen LogP contribution is -2.36. The molecule has 7 nitrogen and oxygen atoms in total. The third-order valence-corrected chi connectivity index (χ3v) is 4.18. The molecule has 0 saturated carbocycles. The summed E-state index contributed by atoms with van der Waals surface area (Å²) in [6, 6.07) is 9.18. The smallest absolute Gasteiger partial charge is 0.251 e. The lowest BCUT2D eigenvalue weighted by Gasteiger charge is -2.27. The molecule has 2 amide bonds. The van der Waals surface area contributed by atoms with E-state index >= 15 is 0 Å². The van der Waals surface area contributed by atoms with E-state index in [4.69, 9.17) is 4.74 Å². The maximum atomic E-state index is 12.2. The number of methoxy groups -OCH3 is 1. The van der Waals surface area contributed by atoms with Gasteiger partial charge in [-0.3, -0.25) is 14.5 Å². The monoisotopic (exact) mass is 342 g/mol. The number of hydrogen-bond donors (Lipinski definition) is 1. The zero-order valence-electron chi connectivity index (χ0n) is 14.3. The molecular weight excluding hydrogens is 320 g/mol. The van der Waals surface area contributed by atoms with E-state index in [9.17, 15) is 9.59 Å². The predicted molar refractivity (Wildman–Crippen MR) is 93.3 cm³/mol. The third-order valence-electron chi connectivity index (χ3n) is 4.18. The molecule has 1 aliphatic rings. The molecule has 0 unspecified atom stereocenters. The number of aromatic nitrogens is 2. The molecule has 0 bridgehead atoms. The highest BCUT2D eigenvalue weighted by Gasteiger charge is 2.24. The van der Waals surface area contributed by atoms with Crippen LogP contribution in [0.5, 0.6) is 0 Å². The van der Waals surface area contributed by atoms with Gasteiger partial charge in [-0.1, -0.05) is 12.1 Å². The Morgan fingerprint density at radius 3 is 2.84 bits per heavy atom. The van der Waals surface area contributed by atoms with Crippen LogP contribution in [0.1, 0.15) is 28.8 Å². The number of rotatable bonds is 7. The molecule has 1 N–H and O–H groups in total. The fourth-order valence-electron chi connectivity index (χ4n) is 2.83. The van der Waals surface area contributed by atoms with Gasteiger partial charge in [-0.2, -0.15) is 5.10 Å². The number of carbonyl (C=O) groups is 2. The summed E-state index contributed by atoms with van der Waals surface area (Å²) >= 11 is 0. The van der Waals surface area contributed by atoms with Crippen LogP contribution in [0, 0.1) is 0 Å². The lowest BCUT2D eigenvalue weighted by molar-refractivity contribution is -0.119. The van der Waals surface area contributed by atoms with Crippen molar-refractivity contribution >= 4 is 17.6 Å². The lowest BCUT2D eigenvalue weighted by atomic mass is 10.1. The van der Waals surface area contributed by atoms with E-state index in [1.54, 1.807) is 30.3 Å². The molecule has 0 atom stereocenters. The number of nitrogens with zero attached hydrogens (tertiary/aromatic N) is 3. The Balaban J connectivity index is 1.62. The molecule has 1 aromatic heterocycles. The van der Waals surface area contributed by atoms with Crippen LogP contribution >= 0.6 is 0 Å². The van der Waals surface area contributed by atoms with Crippen LogP contribution in [0.15, 0.2) is 36.5 Å². The SMILES string of the molecule is COCCCNC(=O)c1ccc(CN2C(=O)CCn3nccc32)cc1. The van der Waals surface area contributed by atoms with Crippen LogP contribution in [0.25, 0.3) is 0 Å². The highest BCUT2D eigenvalue weighted by atomic mass is 16.5. The average molecular weight is 342 g/mol. The third kappa shape index (κ3) is 4.06. The van der Waals surface area contributed by atoms with Crippen molar-refractivity contribution < 1.29 is 14.3 Å². The van der Waals surface area contributed by atoms with Crippen molar-refractivity contribution in [2.24, 2.45) is 0 Å². The number of carbonyl (C=O) groups excluding carboxylic acids is 2. The maximum Gasteiger partial charge on any atom is 0.251 e. The van der Waals surface area contributed by atoms with Gasteiger partial charge in [0.05, 0.1) is 19.3 Å². The summed E-state index contributed by atoms with van der Waals surface area (Å²) in [5.41, 5.74) is 1.58. The van der Waals surface area contributed by atoms with E-state index in [1.807, 2.05) is 22.9 Å². The van der Waals surface area contributed by atoms with Crippen molar-refractivity contribution in [2.75, 3.05) is 25.2 Å². The van der Waals surface area contributed by atoms with Gasteiger partial charge in [0.15, 0.2) is 0 Å². The zero-order valence-corrected chi connectivity index (χ0v) is 14.3. The Bertz CT molecular complexity index is 739. The Hall–Kier alpha value is -2.67. The van der Waals surface area contributed by atoms with Gasteiger partial charge in [0, 0.05) is 38.3 Å². The van der Waals surface area contributed by atoms with Gasteiger partial charge in [-0.25, -0.2) is 4.68 Å². The van der Waals surface area contributed by atoms with Crippen LogP contribution in [0.4, 0.5) is 5.82 Å². The van der Waals surface area contributed by atoms with Gasteiger partial charge in [0.1, 0.15) is 5.82 Å². The number of aryl methyl sites for hydroxylation is 1. The summed E-state index contributed by atoms with van der Waals surface area (Å²) in [7, 11) is 1.64. The first-order valence-electron chi connectivity index (χ1n) is 8.37. The normalized spacial score (nSPS) is 13.6. The van der Waals surface area contributed by atoms with E-state index in [0.29, 0.717) is 38.2 Å². The number of benzene rings is 1. The van der Waals surface area contributed by atoms with Gasteiger partial charge in [-0.15, -0.1) is 0 Å². The van der Waals surface area contributed by atoms with Gasteiger partial charge >= 0.3 is 0 Å². The summed E-state index contributed by atoms with van der Waals surface area (Å²) in [5.74, 6) is 0.805. The predicted octanol–water partition coefficient (Wildman–Crippen LogP) is 1.59. The van der Waals surface area contributed by atoms with Crippen LogP contribution in [-0.2, 0) is 22.6 Å². The number of nitrogens with one attached hydrogen (secondary N) is 1. The summed E-state index contributed by atoms with van der Waals surface area (Å²) in [5, 5.41) is 7.08. The molecule has 0 fully saturated rings. The Morgan fingerprint density at radius 1 is 1.28 bits per heavy atom. The molecular formula is C18H22N4O3. The molecule has 25 heavy (non-hydrogen) atoms. The molecule has 0 aliphatic carbocycles. The Kier molecular flexibility index (Phi) is 5.45. The number of anilines is 1. The molecule has 2 heterocycles. The molecule has 0 saturated heterocycles. The molecule has 1 aromatic carbocycles. The van der Waals surface area contributed by atoms with Crippen molar-refractivity contribution in [2.45, 2.75) is 25.9 Å². The number of fused-ring (bicyclic) bond motifs is 1. The van der Waals surface area contributed by atoms with Gasteiger partial charge in [0.25, 0.3) is 5.91 Å². The largest absolute Gasteiger partial charge is 0.385 e. The van der Waals surface area contributed by atoms with E-state index in [1.165, 1.54) is 0 Å². The van der Waals surface area contributed by atoms with E-state index < -0.39 is 0 Å². The van der Waals surface area contributed by atoms with Crippen LogP contribution < -0.4 is 10.2 Å². The summed E-state index contributed by atoms with van der Waals surface area (Å²) in [6.45, 7) is 2.31. The summed E-state index contributed by atoms with van der Waals surface area (Å²) in [6.07, 6.45) is 2.94. The molecule has 0 spiro atoms. The number of hydrogen-bond acceptors (Lipinski definition) is 4. The van der Waals surface area contributed by atoms with Crippen LogP contribution in [-0.4, -0.2) is 41.9 Å². The van der Waals surface area contributed by atoms with Crippen LogP contribution in [0.3, 0.4) is 0 Å². The first-order chi connectivity index (χ1) is 12.2. The second-order valence-electron chi connectivity index (χ2n) is 5.94. The van der Waals surface area contributed by atoms with Gasteiger partial charge in [0.2, 0.25) is 5.91 Å². The summed E-state index contributed by atoms with van der Waals surface area (Å²) in [4.78, 5) is 26.0. The fraction of sp³-hybridized carbons (Fsp3) is 0.389. The minimum Gasteiger partial charge on any atom is -0.385 e. The molecule has 132 valence electrons. The van der Waals surface area contributed by atoms with Crippen molar-refractivity contribution in [3.63, 3.8) is 0 Å². The minimum atomic E-state index is -0.102. The fourth-order valence-corrected chi connectivity index (χ4v) is 2.83. The highest BCUT2D eigenvalue weighted by Crippen LogP contribution is 2.22.